The lowest BCUT2D eigenvalue weighted by Crippen LogP contribution is -2.51. The molecule has 3 aromatic rings. The molecule has 2 heterocycles. The number of benzene rings is 1. The van der Waals surface area contributed by atoms with E-state index in [1.54, 1.807) is 32.0 Å². The Labute approximate surface area is 162 Å². The highest BCUT2D eigenvalue weighted by Crippen LogP contribution is 2.40. The van der Waals surface area contributed by atoms with Crippen LogP contribution in [0.4, 0.5) is 5.95 Å². The number of fused-ring (bicyclic) bond motifs is 1. The Morgan fingerprint density at radius 2 is 1.48 bits per heavy atom. The van der Waals surface area contributed by atoms with Crippen LogP contribution in [0.25, 0.3) is 0 Å². The summed E-state index contributed by atoms with van der Waals surface area (Å²) < 4.78 is 0. The smallest absolute Gasteiger partial charge is 0.328 e. The molecule has 0 bridgehead atoms. The maximum absolute atomic E-state index is 13.4. The fourth-order valence-electron chi connectivity index (χ4n) is 3.56. The largest absolute Gasteiger partial charge is 0.494 e. The predicted octanol–water partition coefficient (Wildman–Crippen LogP) is 0.562. The van der Waals surface area contributed by atoms with Crippen LogP contribution in [-0.4, -0.2) is 36.6 Å². The number of aromatic amines is 2. The minimum Gasteiger partial charge on any atom is -0.494 e. The van der Waals surface area contributed by atoms with E-state index in [0.717, 1.165) is 0 Å². The molecule has 1 aromatic carbocycles. The number of carbonyl (C=O) groups is 2. The zero-order valence-corrected chi connectivity index (χ0v) is 15.4. The van der Waals surface area contributed by atoms with Crippen molar-refractivity contribution in [2.45, 2.75) is 19.4 Å². The molecule has 1 aliphatic carbocycles. The molecule has 1 aliphatic rings. The SMILES string of the molecule is Cc1cc(C)nc(NC2(c3c(O)[nH]c(=O)[nH]c3=O)C(=O)c3ccccc3C2=O)n1. The van der Waals surface area contributed by atoms with Crippen molar-refractivity contribution in [2.24, 2.45) is 0 Å². The Bertz CT molecular complexity index is 1250. The number of hydrogen-bond donors (Lipinski definition) is 4. The van der Waals surface area contributed by atoms with Crippen molar-refractivity contribution in [3.8, 4) is 5.88 Å². The zero-order valence-electron chi connectivity index (χ0n) is 15.4. The molecule has 0 aliphatic heterocycles. The molecule has 0 unspecified atom stereocenters. The molecule has 0 saturated carbocycles. The minimum atomic E-state index is -2.34. The maximum atomic E-state index is 13.4. The molecule has 0 amide bonds. The summed E-state index contributed by atoms with van der Waals surface area (Å²) in [6, 6.07) is 7.72. The van der Waals surface area contributed by atoms with E-state index >= 15 is 0 Å². The highest BCUT2D eigenvalue weighted by atomic mass is 16.3. The van der Waals surface area contributed by atoms with Gasteiger partial charge in [0.1, 0.15) is 5.56 Å². The number of aryl methyl sites for hydroxylation is 2. The Hall–Kier alpha value is -4.08. The lowest BCUT2D eigenvalue weighted by atomic mass is 9.86. The van der Waals surface area contributed by atoms with Crippen LogP contribution in [0.15, 0.2) is 39.9 Å². The second-order valence-corrected chi connectivity index (χ2v) is 6.69. The fraction of sp³-hybridized carbons (Fsp3) is 0.158. The number of aromatic nitrogens is 4. The molecule has 0 atom stereocenters. The average Bonchev–Trinajstić information content (AvgIpc) is 2.83. The van der Waals surface area contributed by atoms with Crippen LogP contribution in [0.3, 0.4) is 0 Å². The van der Waals surface area contributed by atoms with E-state index in [1.165, 1.54) is 12.1 Å². The number of nitrogens with one attached hydrogen (secondary N) is 3. The van der Waals surface area contributed by atoms with Crippen LogP contribution >= 0.6 is 0 Å². The molecular weight excluding hydrogens is 378 g/mol. The first-order valence-electron chi connectivity index (χ1n) is 8.59. The van der Waals surface area contributed by atoms with Gasteiger partial charge in [-0.25, -0.2) is 14.8 Å². The molecule has 4 rings (SSSR count). The molecule has 2 aromatic heterocycles. The number of carbonyl (C=O) groups excluding carboxylic acids is 2. The second kappa shape index (κ2) is 6.23. The minimum absolute atomic E-state index is 0.0689. The molecule has 29 heavy (non-hydrogen) atoms. The van der Waals surface area contributed by atoms with Crippen molar-refractivity contribution in [3.63, 3.8) is 0 Å². The van der Waals surface area contributed by atoms with Gasteiger partial charge in [0.05, 0.1) is 0 Å². The van der Waals surface area contributed by atoms with Gasteiger partial charge in [-0.3, -0.25) is 24.4 Å². The van der Waals surface area contributed by atoms with Gasteiger partial charge in [-0.05, 0) is 19.9 Å². The molecule has 0 fully saturated rings. The lowest BCUT2D eigenvalue weighted by molar-refractivity contribution is 0.0812. The number of rotatable bonds is 3. The Morgan fingerprint density at radius 1 is 0.931 bits per heavy atom. The first kappa shape index (κ1) is 18.3. The van der Waals surface area contributed by atoms with Crippen LogP contribution in [0, 0.1) is 13.8 Å². The number of anilines is 1. The van der Waals surface area contributed by atoms with Gasteiger partial charge in [-0.1, -0.05) is 24.3 Å². The highest BCUT2D eigenvalue weighted by Gasteiger charge is 2.58. The van der Waals surface area contributed by atoms with Crippen molar-refractivity contribution in [3.05, 3.63) is 79.2 Å². The number of H-pyrrole nitrogens is 2. The summed E-state index contributed by atoms with van der Waals surface area (Å²) in [4.78, 5) is 63.3. The number of aromatic hydroxyl groups is 1. The van der Waals surface area contributed by atoms with Crippen molar-refractivity contribution in [1.29, 1.82) is 0 Å². The molecule has 0 radical (unpaired) electrons. The summed E-state index contributed by atoms with van der Waals surface area (Å²) in [7, 11) is 0. The van der Waals surface area contributed by atoms with E-state index < -0.39 is 39.8 Å². The van der Waals surface area contributed by atoms with Gasteiger partial charge < -0.3 is 10.4 Å². The van der Waals surface area contributed by atoms with Crippen LogP contribution in [-0.2, 0) is 5.54 Å². The monoisotopic (exact) mass is 393 g/mol. The summed E-state index contributed by atoms with van der Waals surface area (Å²) in [6.45, 7) is 3.40. The van der Waals surface area contributed by atoms with Crippen molar-refractivity contribution < 1.29 is 14.7 Å². The van der Waals surface area contributed by atoms with Gasteiger partial charge in [0.15, 0.2) is 0 Å². The molecule has 0 saturated heterocycles. The Balaban J connectivity index is 2.04. The lowest BCUT2D eigenvalue weighted by Gasteiger charge is -2.27. The van der Waals surface area contributed by atoms with E-state index in [4.69, 9.17) is 0 Å². The third-order valence-corrected chi connectivity index (χ3v) is 4.68. The summed E-state index contributed by atoms with van der Waals surface area (Å²) in [5.74, 6) is -2.52. The maximum Gasteiger partial charge on any atom is 0.328 e. The molecule has 146 valence electrons. The van der Waals surface area contributed by atoms with Crippen molar-refractivity contribution >= 4 is 17.5 Å². The molecule has 4 N–H and O–H groups in total. The fourth-order valence-corrected chi connectivity index (χ4v) is 3.56. The number of hydrogen-bond acceptors (Lipinski definition) is 8. The third kappa shape index (κ3) is 2.64. The summed E-state index contributed by atoms with van der Waals surface area (Å²) in [6.07, 6.45) is 0. The third-order valence-electron chi connectivity index (χ3n) is 4.68. The average molecular weight is 393 g/mol. The standard InChI is InChI=1S/C19H15N5O5/c1-8-7-9(2)21-17(20-8)24-19(12-15(27)22-18(29)23-16(12)28)13(25)10-5-3-4-6-11(10)14(19)26/h3-7H,1-2H3,(H,20,21,24)(H3,22,23,27,28,29). The second-order valence-electron chi connectivity index (χ2n) is 6.69. The quantitative estimate of drug-likeness (QED) is 0.470. The van der Waals surface area contributed by atoms with E-state index in [2.05, 4.69) is 15.3 Å². The summed E-state index contributed by atoms with van der Waals surface area (Å²) in [5.41, 5.74) is -3.78. The highest BCUT2D eigenvalue weighted by molar-refractivity contribution is 6.34. The van der Waals surface area contributed by atoms with Gasteiger partial charge in [-0.15, -0.1) is 0 Å². The zero-order chi connectivity index (χ0) is 20.9. The summed E-state index contributed by atoms with van der Waals surface area (Å²) >= 11 is 0. The van der Waals surface area contributed by atoms with Gasteiger partial charge >= 0.3 is 5.69 Å². The molecule has 0 spiro atoms. The van der Waals surface area contributed by atoms with E-state index in [0.29, 0.717) is 11.4 Å². The van der Waals surface area contributed by atoms with E-state index in [9.17, 15) is 24.3 Å². The normalized spacial score (nSPS) is 14.7. The molecule has 10 nitrogen and oxygen atoms in total. The Kier molecular flexibility index (Phi) is 3.93. The van der Waals surface area contributed by atoms with Gasteiger partial charge in [0.2, 0.25) is 28.9 Å². The molecular formula is C19H15N5O5. The van der Waals surface area contributed by atoms with Gasteiger partial charge in [0, 0.05) is 22.5 Å². The number of ketones is 2. The topological polar surface area (TPSA) is 158 Å². The van der Waals surface area contributed by atoms with E-state index in [-0.39, 0.29) is 17.1 Å². The number of Topliss-reactive ketones (excluding diaryl/α,β-unsaturated/α-hetero) is 2. The molecule has 10 heteroatoms. The van der Waals surface area contributed by atoms with E-state index in [1.807, 2.05) is 9.97 Å². The predicted molar refractivity (Wildman–Crippen MR) is 101 cm³/mol. The van der Waals surface area contributed by atoms with Gasteiger partial charge in [-0.2, -0.15) is 0 Å². The summed E-state index contributed by atoms with van der Waals surface area (Å²) in [5, 5.41) is 13.0. The first-order valence-corrected chi connectivity index (χ1v) is 8.59. The van der Waals surface area contributed by atoms with Crippen LogP contribution < -0.4 is 16.6 Å². The van der Waals surface area contributed by atoms with Crippen LogP contribution in [0.5, 0.6) is 5.88 Å². The Morgan fingerprint density at radius 3 is 2.00 bits per heavy atom. The van der Waals surface area contributed by atoms with Crippen LogP contribution in [0.2, 0.25) is 0 Å². The number of nitrogens with zero attached hydrogens (tertiary/aromatic N) is 2. The van der Waals surface area contributed by atoms with Crippen LogP contribution in [0.1, 0.15) is 37.7 Å². The van der Waals surface area contributed by atoms with Crippen molar-refractivity contribution in [2.75, 3.05) is 5.32 Å². The van der Waals surface area contributed by atoms with Gasteiger partial charge in [0.25, 0.3) is 5.56 Å². The first-order chi connectivity index (χ1) is 13.7. The van der Waals surface area contributed by atoms with Crippen molar-refractivity contribution in [1.82, 2.24) is 19.9 Å².